The van der Waals surface area contributed by atoms with Crippen molar-refractivity contribution in [3.63, 3.8) is 0 Å². The number of amides is 1. The largest absolute Gasteiger partial charge is 0.393 e. The smallest absolute Gasteiger partial charge is 0.241 e. The van der Waals surface area contributed by atoms with E-state index in [0.29, 0.717) is 30.0 Å². The Hall–Kier alpha value is -1.51. The minimum atomic E-state index is -0.949. The molecule has 0 spiro atoms. The van der Waals surface area contributed by atoms with Crippen LogP contribution in [0.15, 0.2) is 36.4 Å². The van der Waals surface area contributed by atoms with Crippen LogP contribution in [0.25, 0.3) is 0 Å². The molecule has 2 rings (SSSR count). The SMILES string of the molecule is NC(=O)/C=C\CC[C@@H](C=O)[C@]1(/C=C/C(O)CCc2ccc(Cl)s2)C[C@@H](O)C[C@@H]1O. The van der Waals surface area contributed by atoms with Gasteiger partial charge in [0.05, 0.1) is 22.6 Å². The first-order chi connectivity index (χ1) is 13.8. The molecule has 6 nitrogen and oxygen atoms in total. The summed E-state index contributed by atoms with van der Waals surface area (Å²) >= 11 is 7.38. The second-order valence-electron chi connectivity index (χ2n) is 7.52. The highest BCUT2D eigenvalue weighted by Gasteiger charge is 2.49. The highest BCUT2D eigenvalue weighted by Crippen LogP contribution is 2.47. The Morgan fingerprint density at radius 3 is 2.69 bits per heavy atom. The Bertz CT molecular complexity index is 749. The quantitative estimate of drug-likeness (QED) is 0.238. The zero-order chi connectivity index (χ0) is 21.4. The number of thiophene rings is 1. The molecule has 160 valence electrons. The molecule has 8 heteroatoms. The molecule has 5 N–H and O–H groups in total. The van der Waals surface area contributed by atoms with E-state index in [1.54, 1.807) is 18.2 Å². The van der Waals surface area contributed by atoms with Crippen LogP contribution >= 0.6 is 22.9 Å². The van der Waals surface area contributed by atoms with Gasteiger partial charge in [0.15, 0.2) is 0 Å². The molecule has 1 aromatic heterocycles. The summed E-state index contributed by atoms with van der Waals surface area (Å²) in [6.07, 6.45) is 6.93. The number of aldehydes is 1. The van der Waals surface area contributed by atoms with Crippen molar-refractivity contribution < 1.29 is 24.9 Å². The van der Waals surface area contributed by atoms with Crippen LogP contribution in [0.4, 0.5) is 0 Å². The Morgan fingerprint density at radius 1 is 1.38 bits per heavy atom. The van der Waals surface area contributed by atoms with E-state index < -0.39 is 35.6 Å². The van der Waals surface area contributed by atoms with Gasteiger partial charge in [0, 0.05) is 22.6 Å². The van der Waals surface area contributed by atoms with E-state index in [1.807, 2.05) is 12.1 Å². The normalized spacial score (nSPS) is 26.9. The number of primary amides is 1. The van der Waals surface area contributed by atoms with Crippen molar-refractivity contribution in [2.45, 2.75) is 56.8 Å². The molecule has 1 aliphatic rings. The van der Waals surface area contributed by atoms with E-state index in [1.165, 1.54) is 17.4 Å². The highest BCUT2D eigenvalue weighted by molar-refractivity contribution is 7.16. The molecule has 29 heavy (non-hydrogen) atoms. The lowest BCUT2D eigenvalue weighted by Gasteiger charge is -2.35. The topological polar surface area (TPSA) is 121 Å². The molecule has 1 fully saturated rings. The summed E-state index contributed by atoms with van der Waals surface area (Å²) < 4.78 is 0.700. The molecule has 1 saturated carbocycles. The standard InChI is InChI=1S/C21H28ClNO5S/c22-19-8-7-17(29-19)6-5-15(25)9-10-21(12-16(26)11-18(21)27)14(13-24)3-1-2-4-20(23)28/h2,4,7-10,13-16,18,25-27H,1,3,5-6,11-12H2,(H2,23,28)/b4-2-,10-9+/t14-,15?,16-,18-,21-/m0/s1. The van der Waals surface area contributed by atoms with Crippen LogP contribution in [0, 0.1) is 11.3 Å². The van der Waals surface area contributed by atoms with Crippen LogP contribution in [0.3, 0.4) is 0 Å². The molecule has 1 heterocycles. The first-order valence-corrected chi connectivity index (χ1v) is 10.9. The van der Waals surface area contributed by atoms with E-state index >= 15 is 0 Å². The van der Waals surface area contributed by atoms with Gasteiger partial charge in [-0.2, -0.15) is 0 Å². The third kappa shape index (κ3) is 6.76. The van der Waals surface area contributed by atoms with Gasteiger partial charge in [-0.1, -0.05) is 29.8 Å². The summed E-state index contributed by atoms with van der Waals surface area (Å²) in [4.78, 5) is 23.7. The number of hydrogen-bond donors (Lipinski definition) is 4. The number of rotatable bonds is 11. The third-order valence-electron chi connectivity index (χ3n) is 5.43. The fourth-order valence-electron chi connectivity index (χ4n) is 3.91. The number of nitrogens with two attached hydrogens (primary N) is 1. The number of aliphatic hydroxyl groups excluding tert-OH is 3. The van der Waals surface area contributed by atoms with Crippen LogP contribution in [0.2, 0.25) is 4.34 Å². The Balaban J connectivity index is 2.08. The summed E-state index contributed by atoms with van der Waals surface area (Å²) in [6, 6.07) is 3.74. The van der Waals surface area contributed by atoms with Crippen molar-refractivity contribution in [3.8, 4) is 0 Å². The zero-order valence-electron chi connectivity index (χ0n) is 16.1. The van der Waals surface area contributed by atoms with Crippen molar-refractivity contribution in [1.82, 2.24) is 0 Å². The van der Waals surface area contributed by atoms with Crippen molar-refractivity contribution in [2.75, 3.05) is 0 Å². The maximum absolute atomic E-state index is 11.8. The fourth-order valence-corrected chi connectivity index (χ4v) is 5.01. The number of halogens is 1. The lowest BCUT2D eigenvalue weighted by atomic mass is 9.70. The van der Waals surface area contributed by atoms with Crippen LogP contribution < -0.4 is 5.73 Å². The summed E-state index contributed by atoms with van der Waals surface area (Å²) in [5.41, 5.74) is 4.12. The van der Waals surface area contributed by atoms with Gasteiger partial charge in [-0.25, -0.2) is 0 Å². The van der Waals surface area contributed by atoms with Crippen molar-refractivity contribution in [1.29, 1.82) is 0 Å². The molecule has 1 unspecified atom stereocenters. The first kappa shape index (κ1) is 23.8. The van der Waals surface area contributed by atoms with Crippen molar-refractivity contribution in [2.24, 2.45) is 17.1 Å². The molecule has 1 aliphatic carbocycles. The predicted molar refractivity (Wildman–Crippen MR) is 114 cm³/mol. The van der Waals surface area contributed by atoms with Crippen molar-refractivity contribution >= 4 is 35.1 Å². The summed E-state index contributed by atoms with van der Waals surface area (Å²) in [7, 11) is 0. The number of hydrogen-bond acceptors (Lipinski definition) is 6. The van der Waals surface area contributed by atoms with Crippen LogP contribution in [-0.2, 0) is 16.0 Å². The second kappa shape index (κ2) is 11.0. The van der Waals surface area contributed by atoms with Crippen LogP contribution in [-0.4, -0.2) is 45.8 Å². The maximum Gasteiger partial charge on any atom is 0.241 e. The molecule has 0 aromatic carbocycles. The first-order valence-electron chi connectivity index (χ1n) is 9.66. The van der Waals surface area contributed by atoms with E-state index in [2.05, 4.69) is 0 Å². The molecule has 1 aromatic rings. The average Bonchev–Trinajstić information content (AvgIpc) is 3.20. The number of allylic oxidation sites excluding steroid dienone is 1. The number of aryl methyl sites for hydroxylation is 1. The van der Waals surface area contributed by atoms with E-state index in [4.69, 9.17) is 17.3 Å². The zero-order valence-corrected chi connectivity index (χ0v) is 17.7. The monoisotopic (exact) mass is 441 g/mol. The lowest BCUT2D eigenvalue weighted by molar-refractivity contribution is -0.116. The van der Waals surface area contributed by atoms with Crippen LogP contribution in [0.1, 0.15) is 37.0 Å². The molecule has 0 saturated heterocycles. The van der Waals surface area contributed by atoms with Gasteiger partial charge in [-0.3, -0.25) is 4.79 Å². The van der Waals surface area contributed by atoms with Gasteiger partial charge in [0.2, 0.25) is 5.91 Å². The summed E-state index contributed by atoms with van der Waals surface area (Å²) in [5.74, 6) is -1.12. The van der Waals surface area contributed by atoms with Gasteiger partial charge in [-0.15, -0.1) is 11.3 Å². The molecule has 0 aliphatic heterocycles. The van der Waals surface area contributed by atoms with Crippen molar-refractivity contribution in [3.05, 3.63) is 45.7 Å². The van der Waals surface area contributed by atoms with Crippen LogP contribution in [0.5, 0.6) is 0 Å². The molecular weight excluding hydrogens is 414 g/mol. The van der Waals surface area contributed by atoms with E-state index in [0.717, 1.165) is 11.2 Å². The molecule has 1 amide bonds. The molecule has 0 bridgehead atoms. The predicted octanol–water partition coefficient (Wildman–Crippen LogP) is 2.39. The Morgan fingerprint density at radius 2 is 2.14 bits per heavy atom. The lowest BCUT2D eigenvalue weighted by Crippen LogP contribution is -2.37. The van der Waals surface area contributed by atoms with Gasteiger partial charge in [0.25, 0.3) is 0 Å². The molecule has 0 radical (unpaired) electrons. The number of aliphatic hydroxyl groups is 3. The molecule has 5 atom stereocenters. The van der Waals surface area contributed by atoms with Gasteiger partial charge in [-0.05, 0) is 50.3 Å². The van der Waals surface area contributed by atoms with Gasteiger partial charge < -0.3 is 25.8 Å². The summed E-state index contributed by atoms with van der Waals surface area (Å²) in [5, 5.41) is 31.1. The van der Waals surface area contributed by atoms with Gasteiger partial charge in [0.1, 0.15) is 6.29 Å². The Labute approximate surface area is 179 Å². The van der Waals surface area contributed by atoms with Gasteiger partial charge >= 0.3 is 0 Å². The minimum Gasteiger partial charge on any atom is -0.393 e. The summed E-state index contributed by atoms with van der Waals surface area (Å²) in [6.45, 7) is 0. The third-order valence-corrected chi connectivity index (χ3v) is 6.72. The number of carbonyl (C=O) groups is 2. The Kier molecular flexibility index (Phi) is 9.04. The minimum absolute atomic E-state index is 0.176. The fraction of sp³-hybridized carbons (Fsp3) is 0.524. The second-order valence-corrected chi connectivity index (χ2v) is 9.32. The van der Waals surface area contributed by atoms with E-state index in [9.17, 15) is 24.9 Å². The maximum atomic E-state index is 11.8. The highest BCUT2D eigenvalue weighted by atomic mass is 35.5. The average molecular weight is 442 g/mol. The molecular formula is C21H28ClNO5S. The number of carbonyl (C=O) groups excluding carboxylic acids is 2. The van der Waals surface area contributed by atoms with E-state index in [-0.39, 0.29) is 12.8 Å².